The highest BCUT2D eigenvalue weighted by atomic mass is 16.1. The molecule has 1 aromatic rings. The largest absolute Gasteiger partial charge is 0.316 e. The van der Waals surface area contributed by atoms with Crippen LogP contribution < -0.4 is 10.9 Å². The lowest BCUT2D eigenvalue weighted by atomic mass is 10.3. The van der Waals surface area contributed by atoms with Crippen molar-refractivity contribution in [1.82, 2.24) is 14.9 Å². The average molecular weight is 207 g/mol. The molecule has 0 saturated carbocycles. The SMILES string of the molecule is C=C(CNC)Cn1c(C)nc(C)cc1=O. The summed E-state index contributed by atoms with van der Waals surface area (Å²) in [5.74, 6) is 0.734. The molecule has 4 heteroatoms. The molecule has 4 nitrogen and oxygen atoms in total. The molecule has 0 spiro atoms. The third-order valence-electron chi connectivity index (χ3n) is 2.14. The van der Waals surface area contributed by atoms with Crippen LogP contribution in [0.2, 0.25) is 0 Å². The first-order valence-corrected chi connectivity index (χ1v) is 4.91. The predicted molar refractivity (Wildman–Crippen MR) is 61.0 cm³/mol. The molecule has 1 heterocycles. The van der Waals surface area contributed by atoms with Gasteiger partial charge in [0, 0.05) is 24.8 Å². The Kier molecular flexibility index (Phi) is 3.80. The number of nitrogens with one attached hydrogen (secondary N) is 1. The fourth-order valence-electron chi connectivity index (χ4n) is 1.49. The van der Waals surface area contributed by atoms with Crippen LogP contribution in [0.5, 0.6) is 0 Å². The maximum absolute atomic E-state index is 11.7. The zero-order chi connectivity index (χ0) is 11.4. The maximum atomic E-state index is 11.7. The lowest BCUT2D eigenvalue weighted by Gasteiger charge is -2.11. The lowest BCUT2D eigenvalue weighted by Crippen LogP contribution is -2.26. The van der Waals surface area contributed by atoms with Gasteiger partial charge in [0.15, 0.2) is 0 Å². The molecule has 0 fully saturated rings. The number of aromatic nitrogens is 2. The Morgan fingerprint density at radius 2 is 2.27 bits per heavy atom. The first-order valence-electron chi connectivity index (χ1n) is 4.91. The minimum absolute atomic E-state index is 0.0164. The van der Waals surface area contributed by atoms with Crippen LogP contribution in [0.3, 0.4) is 0 Å². The van der Waals surface area contributed by atoms with Gasteiger partial charge < -0.3 is 5.32 Å². The normalized spacial score (nSPS) is 10.3. The molecule has 0 aromatic carbocycles. The first kappa shape index (κ1) is 11.7. The van der Waals surface area contributed by atoms with Gasteiger partial charge in [-0.15, -0.1) is 0 Å². The summed E-state index contributed by atoms with van der Waals surface area (Å²) in [6, 6.07) is 1.54. The second-order valence-corrected chi connectivity index (χ2v) is 3.65. The van der Waals surface area contributed by atoms with E-state index in [0.29, 0.717) is 13.1 Å². The van der Waals surface area contributed by atoms with Crippen LogP contribution in [0.4, 0.5) is 0 Å². The van der Waals surface area contributed by atoms with Crippen molar-refractivity contribution in [3.8, 4) is 0 Å². The number of aryl methyl sites for hydroxylation is 2. The molecule has 1 aromatic heterocycles. The van der Waals surface area contributed by atoms with Gasteiger partial charge in [0.1, 0.15) is 5.82 Å². The Morgan fingerprint density at radius 3 is 2.80 bits per heavy atom. The maximum Gasteiger partial charge on any atom is 0.254 e. The molecule has 15 heavy (non-hydrogen) atoms. The van der Waals surface area contributed by atoms with E-state index in [-0.39, 0.29) is 5.56 Å². The van der Waals surface area contributed by atoms with Gasteiger partial charge in [0.05, 0.1) is 0 Å². The van der Waals surface area contributed by atoms with E-state index < -0.39 is 0 Å². The van der Waals surface area contributed by atoms with E-state index in [4.69, 9.17) is 0 Å². The Hall–Kier alpha value is -1.42. The van der Waals surface area contributed by atoms with Crippen molar-refractivity contribution in [2.45, 2.75) is 20.4 Å². The number of likely N-dealkylation sites (N-methyl/N-ethyl adjacent to an activating group) is 1. The van der Waals surface area contributed by atoms with Crippen LogP contribution in [0.15, 0.2) is 23.0 Å². The molecular weight excluding hydrogens is 190 g/mol. The Morgan fingerprint density at radius 1 is 1.60 bits per heavy atom. The molecule has 0 aliphatic heterocycles. The summed E-state index contributed by atoms with van der Waals surface area (Å²) in [5.41, 5.74) is 1.71. The molecule has 0 aliphatic rings. The lowest BCUT2D eigenvalue weighted by molar-refractivity contribution is 0.665. The number of rotatable bonds is 4. The molecule has 1 rings (SSSR count). The fourth-order valence-corrected chi connectivity index (χ4v) is 1.49. The van der Waals surface area contributed by atoms with Crippen molar-refractivity contribution in [2.24, 2.45) is 0 Å². The summed E-state index contributed by atoms with van der Waals surface area (Å²) in [6.07, 6.45) is 0. The number of hydrogen-bond acceptors (Lipinski definition) is 3. The van der Waals surface area contributed by atoms with Crippen molar-refractivity contribution in [2.75, 3.05) is 13.6 Å². The summed E-state index contributed by atoms with van der Waals surface area (Å²) >= 11 is 0. The van der Waals surface area contributed by atoms with Crippen molar-refractivity contribution in [1.29, 1.82) is 0 Å². The van der Waals surface area contributed by atoms with E-state index in [2.05, 4.69) is 16.9 Å². The van der Waals surface area contributed by atoms with E-state index in [1.165, 1.54) is 0 Å². The Labute approximate surface area is 89.7 Å². The fraction of sp³-hybridized carbons (Fsp3) is 0.455. The van der Waals surface area contributed by atoms with Gasteiger partial charge in [-0.25, -0.2) is 4.98 Å². The molecule has 0 amide bonds. The second-order valence-electron chi connectivity index (χ2n) is 3.65. The third-order valence-corrected chi connectivity index (χ3v) is 2.14. The number of hydrogen-bond donors (Lipinski definition) is 1. The smallest absolute Gasteiger partial charge is 0.254 e. The first-order chi connectivity index (χ1) is 7.04. The summed E-state index contributed by atoms with van der Waals surface area (Å²) in [7, 11) is 1.86. The molecule has 0 saturated heterocycles. The van der Waals surface area contributed by atoms with Crippen LogP contribution in [-0.4, -0.2) is 23.1 Å². The quantitative estimate of drug-likeness (QED) is 0.737. The van der Waals surface area contributed by atoms with Gasteiger partial charge in [-0.3, -0.25) is 9.36 Å². The van der Waals surface area contributed by atoms with Crippen molar-refractivity contribution < 1.29 is 0 Å². The minimum Gasteiger partial charge on any atom is -0.316 e. The van der Waals surface area contributed by atoms with Crippen LogP contribution in [0, 0.1) is 13.8 Å². The third kappa shape index (κ3) is 3.02. The Balaban J connectivity index is 2.95. The Bertz CT molecular complexity index is 420. The minimum atomic E-state index is -0.0164. The summed E-state index contributed by atoms with van der Waals surface area (Å²) in [4.78, 5) is 15.9. The van der Waals surface area contributed by atoms with E-state index >= 15 is 0 Å². The monoisotopic (exact) mass is 207 g/mol. The summed E-state index contributed by atoms with van der Waals surface area (Å²) < 4.78 is 1.63. The number of nitrogens with zero attached hydrogens (tertiary/aromatic N) is 2. The van der Waals surface area contributed by atoms with Crippen LogP contribution in [0.1, 0.15) is 11.5 Å². The van der Waals surface area contributed by atoms with Gasteiger partial charge in [0.2, 0.25) is 0 Å². The summed E-state index contributed by atoms with van der Waals surface area (Å²) in [6.45, 7) is 8.78. The second kappa shape index (κ2) is 4.89. The van der Waals surface area contributed by atoms with Crippen LogP contribution in [0.25, 0.3) is 0 Å². The van der Waals surface area contributed by atoms with Gasteiger partial charge in [0.25, 0.3) is 5.56 Å². The van der Waals surface area contributed by atoms with Gasteiger partial charge in [-0.1, -0.05) is 6.58 Å². The van der Waals surface area contributed by atoms with Crippen molar-refractivity contribution in [3.05, 3.63) is 40.1 Å². The van der Waals surface area contributed by atoms with E-state index in [0.717, 1.165) is 17.1 Å². The molecule has 0 atom stereocenters. The zero-order valence-electron chi connectivity index (χ0n) is 9.50. The summed E-state index contributed by atoms with van der Waals surface area (Å²) in [5, 5.41) is 3.00. The molecule has 1 N–H and O–H groups in total. The highest BCUT2D eigenvalue weighted by Crippen LogP contribution is 1.98. The molecule has 0 radical (unpaired) electrons. The van der Waals surface area contributed by atoms with Crippen molar-refractivity contribution in [3.63, 3.8) is 0 Å². The molecule has 0 aliphatic carbocycles. The highest BCUT2D eigenvalue weighted by Gasteiger charge is 2.03. The molecule has 0 unspecified atom stereocenters. The highest BCUT2D eigenvalue weighted by molar-refractivity contribution is 5.05. The molecule has 0 bridgehead atoms. The van der Waals surface area contributed by atoms with E-state index in [9.17, 15) is 4.79 Å². The standard InChI is InChI=1S/C11H17N3O/c1-8(6-12-4)7-14-10(3)13-9(2)5-11(14)15/h5,12H,1,6-7H2,2-4H3. The molecule has 82 valence electrons. The van der Waals surface area contributed by atoms with Gasteiger partial charge in [-0.05, 0) is 26.5 Å². The average Bonchev–Trinajstić information content (AvgIpc) is 2.11. The molecular formula is C11H17N3O. The topological polar surface area (TPSA) is 46.9 Å². The predicted octanol–water partition coefficient (Wildman–Crippen LogP) is 0.636. The van der Waals surface area contributed by atoms with Gasteiger partial charge in [-0.2, -0.15) is 0 Å². The van der Waals surface area contributed by atoms with E-state index in [1.807, 2.05) is 20.9 Å². The van der Waals surface area contributed by atoms with Crippen LogP contribution >= 0.6 is 0 Å². The van der Waals surface area contributed by atoms with Crippen LogP contribution in [-0.2, 0) is 6.54 Å². The van der Waals surface area contributed by atoms with E-state index in [1.54, 1.807) is 10.6 Å². The van der Waals surface area contributed by atoms with Crippen molar-refractivity contribution >= 4 is 0 Å². The zero-order valence-corrected chi connectivity index (χ0v) is 9.50. The van der Waals surface area contributed by atoms with Gasteiger partial charge >= 0.3 is 0 Å².